The molecule has 0 saturated carbocycles. The summed E-state index contributed by atoms with van der Waals surface area (Å²) in [6.07, 6.45) is 4.21. The fraction of sp³-hybridized carbons (Fsp3) is 0.125. The van der Waals surface area contributed by atoms with Crippen molar-refractivity contribution in [2.75, 3.05) is 0 Å². The van der Waals surface area contributed by atoms with Gasteiger partial charge in [0.1, 0.15) is 5.92 Å². The number of hydrogen-bond donors (Lipinski definition) is 0. The zero-order chi connectivity index (χ0) is 9.42. The molecule has 66 valence electrons. The highest BCUT2D eigenvalue weighted by atomic mass is 79.9. The van der Waals surface area contributed by atoms with E-state index in [1.807, 2.05) is 0 Å². The van der Waals surface area contributed by atoms with E-state index in [-0.39, 0.29) is 0 Å². The Hall–Kier alpha value is -1.23. The third-order valence-electron chi connectivity index (χ3n) is 1.74. The van der Waals surface area contributed by atoms with Crippen LogP contribution in [0.4, 0.5) is 4.79 Å². The van der Waals surface area contributed by atoms with Crippen molar-refractivity contribution in [3.8, 4) is 0 Å². The predicted molar refractivity (Wildman–Crippen MR) is 48.6 cm³/mol. The summed E-state index contributed by atoms with van der Waals surface area (Å²) in [5.41, 5.74) is 0.427. The standard InChI is InChI=1S/C8H4BrNO3/c9-4-2-1-3-5-6(4)7(11)13-8(12)10-5/h1-3,6H. The van der Waals surface area contributed by atoms with Crippen LogP contribution in [0, 0.1) is 5.92 Å². The molecule has 5 heteroatoms. The van der Waals surface area contributed by atoms with Gasteiger partial charge < -0.3 is 4.74 Å². The Labute approximate surface area is 82.1 Å². The number of fused-ring (bicyclic) bond motifs is 1. The molecule has 1 aliphatic carbocycles. The monoisotopic (exact) mass is 241 g/mol. The Morgan fingerprint density at radius 1 is 1.46 bits per heavy atom. The first-order valence-corrected chi connectivity index (χ1v) is 4.36. The lowest BCUT2D eigenvalue weighted by molar-refractivity contribution is -0.138. The first-order valence-electron chi connectivity index (χ1n) is 3.56. The zero-order valence-electron chi connectivity index (χ0n) is 6.36. The smallest absolute Gasteiger partial charge is 0.374 e. The lowest BCUT2D eigenvalue weighted by Gasteiger charge is -2.20. The van der Waals surface area contributed by atoms with Crippen molar-refractivity contribution in [1.29, 1.82) is 0 Å². The summed E-state index contributed by atoms with van der Waals surface area (Å²) < 4.78 is 5.01. The molecular formula is C8H4BrNO3. The summed E-state index contributed by atoms with van der Waals surface area (Å²) in [5, 5.41) is 0. The topological polar surface area (TPSA) is 55.7 Å². The number of carbonyl (C=O) groups excluding carboxylic acids is 2. The molecule has 1 unspecified atom stereocenters. The fourth-order valence-electron chi connectivity index (χ4n) is 1.18. The van der Waals surface area contributed by atoms with Crippen LogP contribution in [0.25, 0.3) is 0 Å². The molecule has 0 bridgehead atoms. The summed E-state index contributed by atoms with van der Waals surface area (Å²) in [5.74, 6) is -1.15. The van der Waals surface area contributed by atoms with E-state index in [9.17, 15) is 9.59 Å². The molecule has 0 spiro atoms. The highest BCUT2D eigenvalue weighted by Crippen LogP contribution is 2.27. The zero-order valence-corrected chi connectivity index (χ0v) is 7.95. The van der Waals surface area contributed by atoms with Crippen LogP contribution >= 0.6 is 15.9 Å². The van der Waals surface area contributed by atoms with Gasteiger partial charge in [0.05, 0.1) is 5.71 Å². The number of cyclic esters (lactones) is 2. The van der Waals surface area contributed by atoms with Crippen molar-refractivity contribution in [3.63, 3.8) is 0 Å². The van der Waals surface area contributed by atoms with E-state index < -0.39 is 18.0 Å². The highest BCUT2D eigenvalue weighted by molar-refractivity contribution is 9.11. The minimum absolute atomic E-state index is 0.427. The summed E-state index contributed by atoms with van der Waals surface area (Å²) in [6, 6.07) is 0. The summed E-state index contributed by atoms with van der Waals surface area (Å²) in [4.78, 5) is 25.5. The van der Waals surface area contributed by atoms with Gasteiger partial charge in [-0.3, -0.25) is 4.79 Å². The normalized spacial score (nSPS) is 26.1. The van der Waals surface area contributed by atoms with E-state index in [1.54, 1.807) is 18.2 Å². The van der Waals surface area contributed by atoms with E-state index in [1.165, 1.54) is 0 Å². The minimum atomic E-state index is -0.844. The molecule has 0 aromatic heterocycles. The Balaban J connectivity index is 2.48. The van der Waals surface area contributed by atoms with Crippen LogP contribution in [0.15, 0.2) is 27.7 Å². The summed E-state index contributed by atoms with van der Waals surface area (Å²) >= 11 is 3.21. The minimum Gasteiger partial charge on any atom is -0.374 e. The number of nitrogens with zero attached hydrogens (tertiary/aromatic N) is 1. The lowest BCUT2D eigenvalue weighted by atomic mass is 9.98. The van der Waals surface area contributed by atoms with E-state index in [0.29, 0.717) is 10.2 Å². The molecule has 1 amide bonds. The quantitative estimate of drug-likeness (QED) is 0.478. The van der Waals surface area contributed by atoms with Gasteiger partial charge in [0.2, 0.25) is 0 Å². The summed E-state index contributed by atoms with van der Waals surface area (Å²) in [7, 11) is 0. The van der Waals surface area contributed by atoms with E-state index in [0.717, 1.165) is 0 Å². The van der Waals surface area contributed by atoms with Gasteiger partial charge in [-0.1, -0.05) is 28.1 Å². The van der Waals surface area contributed by atoms with Crippen LogP contribution in [0.5, 0.6) is 0 Å². The first-order chi connectivity index (χ1) is 6.18. The number of rotatable bonds is 0. The number of ether oxygens (including phenoxy) is 1. The van der Waals surface area contributed by atoms with E-state index in [2.05, 4.69) is 25.7 Å². The molecule has 0 N–H and O–H groups in total. The molecule has 1 heterocycles. The van der Waals surface area contributed by atoms with Crippen LogP contribution in [-0.4, -0.2) is 17.8 Å². The Bertz CT molecular complexity index is 381. The number of halogens is 1. The lowest BCUT2D eigenvalue weighted by Crippen LogP contribution is -2.33. The van der Waals surface area contributed by atoms with E-state index in [4.69, 9.17) is 0 Å². The van der Waals surface area contributed by atoms with Gasteiger partial charge in [0, 0.05) is 4.48 Å². The van der Waals surface area contributed by atoms with Gasteiger partial charge in [-0.25, -0.2) is 4.79 Å². The van der Waals surface area contributed by atoms with Crippen molar-refractivity contribution < 1.29 is 14.3 Å². The van der Waals surface area contributed by atoms with Crippen LogP contribution < -0.4 is 0 Å². The Kier molecular flexibility index (Phi) is 1.88. The number of carbonyl (C=O) groups is 2. The second kappa shape index (κ2) is 2.92. The number of allylic oxidation sites excluding steroid dienone is 3. The van der Waals surface area contributed by atoms with Gasteiger partial charge in [0.25, 0.3) is 0 Å². The number of hydrogen-bond acceptors (Lipinski definition) is 3. The molecule has 0 saturated heterocycles. The molecule has 0 aromatic rings. The van der Waals surface area contributed by atoms with Crippen molar-refractivity contribution >= 4 is 33.7 Å². The van der Waals surface area contributed by atoms with Crippen molar-refractivity contribution in [3.05, 3.63) is 22.7 Å². The second-order valence-corrected chi connectivity index (χ2v) is 3.48. The van der Waals surface area contributed by atoms with Gasteiger partial charge >= 0.3 is 12.1 Å². The van der Waals surface area contributed by atoms with Gasteiger partial charge in [-0.05, 0) is 6.08 Å². The molecule has 13 heavy (non-hydrogen) atoms. The number of amides is 1. The maximum Gasteiger partial charge on any atom is 0.441 e. The van der Waals surface area contributed by atoms with Gasteiger partial charge in [0.15, 0.2) is 0 Å². The van der Waals surface area contributed by atoms with E-state index >= 15 is 0 Å². The SMILES string of the molecule is O=C1N=C2C=CC=C(Br)C2C(=O)O1. The molecule has 0 aromatic carbocycles. The molecule has 0 radical (unpaired) electrons. The van der Waals surface area contributed by atoms with Crippen molar-refractivity contribution in [2.24, 2.45) is 10.9 Å². The fourth-order valence-corrected chi connectivity index (χ4v) is 1.75. The molecule has 2 aliphatic rings. The average Bonchev–Trinajstić information content (AvgIpc) is 2.02. The van der Waals surface area contributed by atoms with Gasteiger partial charge in [-0.15, -0.1) is 0 Å². The second-order valence-electron chi connectivity index (χ2n) is 2.57. The Morgan fingerprint density at radius 2 is 2.23 bits per heavy atom. The van der Waals surface area contributed by atoms with Crippen molar-refractivity contribution in [1.82, 2.24) is 0 Å². The molecule has 1 atom stereocenters. The van der Waals surface area contributed by atoms with Crippen LogP contribution in [-0.2, 0) is 9.53 Å². The van der Waals surface area contributed by atoms with Gasteiger partial charge in [-0.2, -0.15) is 4.99 Å². The maximum absolute atomic E-state index is 11.2. The number of aliphatic imine (C=N–C) groups is 1. The summed E-state index contributed by atoms with van der Waals surface area (Å²) in [6.45, 7) is 0. The Morgan fingerprint density at radius 3 is 3.00 bits per heavy atom. The first kappa shape index (κ1) is 8.37. The average molecular weight is 242 g/mol. The molecule has 2 rings (SSSR count). The van der Waals surface area contributed by atoms with Crippen LogP contribution in [0.3, 0.4) is 0 Å². The molecular weight excluding hydrogens is 238 g/mol. The third-order valence-corrected chi connectivity index (χ3v) is 2.46. The van der Waals surface area contributed by atoms with Crippen LogP contribution in [0.1, 0.15) is 0 Å². The predicted octanol–water partition coefficient (Wildman–Crippen LogP) is 1.57. The number of esters is 1. The maximum atomic E-state index is 11.2. The molecule has 0 fully saturated rings. The molecule has 1 aliphatic heterocycles. The highest BCUT2D eigenvalue weighted by Gasteiger charge is 2.34. The van der Waals surface area contributed by atoms with Crippen molar-refractivity contribution in [2.45, 2.75) is 0 Å². The molecule has 4 nitrogen and oxygen atoms in total. The largest absolute Gasteiger partial charge is 0.441 e. The van der Waals surface area contributed by atoms with Crippen LogP contribution in [0.2, 0.25) is 0 Å². The third kappa shape index (κ3) is 1.35.